The van der Waals surface area contributed by atoms with E-state index in [2.05, 4.69) is 5.32 Å². The van der Waals surface area contributed by atoms with Crippen molar-refractivity contribution in [3.05, 3.63) is 86.3 Å². The number of amides is 3. The van der Waals surface area contributed by atoms with E-state index in [4.69, 9.17) is 4.74 Å². The van der Waals surface area contributed by atoms with Crippen molar-refractivity contribution in [2.24, 2.45) is 0 Å². The first-order valence-electron chi connectivity index (χ1n) is 9.93. The van der Waals surface area contributed by atoms with Crippen LogP contribution in [-0.4, -0.2) is 36.7 Å². The molecule has 3 amide bonds. The molecule has 1 N–H and O–H groups in total. The number of halogens is 2. The molecule has 12 heteroatoms. The zero-order valence-electron chi connectivity index (χ0n) is 18.0. The molecule has 0 spiro atoms. The zero-order chi connectivity index (χ0) is 24.6. The highest BCUT2D eigenvalue weighted by molar-refractivity contribution is 8.08. The number of rotatable bonds is 6. The SMILES string of the molecule is COc1cccc(CNC(=O)C2=CN3C(=O)N(Cc4ccc(F)c(F)c4)S(=O)(=O)C(C)=C3S2)c1. The lowest BCUT2D eigenvalue weighted by molar-refractivity contribution is -0.117. The van der Waals surface area contributed by atoms with E-state index >= 15 is 0 Å². The molecule has 34 heavy (non-hydrogen) atoms. The number of hydrogen-bond acceptors (Lipinski definition) is 6. The maximum Gasteiger partial charge on any atom is 0.343 e. The molecule has 0 radical (unpaired) electrons. The van der Waals surface area contributed by atoms with Gasteiger partial charge >= 0.3 is 6.03 Å². The van der Waals surface area contributed by atoms with Crippen LogP contribution in [0.4, 0.5) is 13.6 Å². The second kappa shape index (κ2) is 9.11. The van der Waals surface area contributed by atoms with Crippen LogP contribution in [0.25, 0.3) is 0 Å². The highest BCUT2D eigenvalue weighted by Gasteiger charge is 2.44. The maximum absolute atomic E-state index is 13.6. The molecule has 2 heterocycles. The first-order valence-corrected chi connectivity index (χ1v) is 12.2. The summed E-state index contributed by atoms with van der Waals surface area (Å²) in [5, 5.41) is 2.83. The van der Waals surface area contributed by atoms with E-state index in [1.54, 1.807) is 24.3 Å². The van der Waals surface area contributed by atoms with Gasteiger partial charge in [-0.05, 0) is 42.3 Å². The monoisotopic (exact) mass is 507 g/mol. The minimum absolute atomic E-state index is 0.0954. The summed E-state index contributed by atoms with van der Waals surface area (Å²) < 4.78 is 58.5. The number of benzene rings is 2. The van der Waals surface area contributed by atoms with Crippen molar-refractivity contribution in [1.29, 1.82) is 0 Å². The lowest BCUT2D eigenvalue weighted by Crippen LogP contribution is -2.46. The fraction of sp³-hybridized carbons (Fsp3) is 0.182. The quantitative estimate of drug-likeness (QED) is 0.642. The summed E-state index contributed by atoms with van der Waals surface area (Å²) in [6, 6.07) is 9.08. The first kappa shape index (κ1) is 23.8. The highest BCUT2D eigenvalue weighted by Crippen LogP contribution is 2.44. The molecule has 2 aliphatic rings. The van der Waals surface area contributed by atoms with E-state index in [1.807, 2.05) is 0 Å². The number of nitrogens with one attached hydrogen (secondary N) is 1. The Balaban J connectivity index is 1.54. The Morgan fingerprint density at radius 2 is 1.88 bits per heavy atom. The van der Waals surface area contributed by atoms with Gasteiger partial charge in [0.25, 0.3) is 15.9 Å². The largest absolute Gasteiger partial charge is 0.497 e. The third-order valence-electron chi connectivity index (χ3n) is 5.19. The lowest BCUT2D eigenvalue weighted by atomic mass is 10.2. The number of fused-ring (bicyclic) bond motifs is 1. The van der Waals surface area contributed by atoms with Crippen molar-refractivity contribution >= 4 is 33.7 Å². The molecule has 2 aromatic rings. The maximum atomic E-state index is 13.6. The second-order valence-corrected chi connectivity index (χ2v) is 10.4. The molecule has 0 atom stereocenters. The Morgan fingerprint density at radius 1 is 1.12 bits per heavy atom. The Kier molecular flexibility index (Phi) is 6.36. The number of allylic oxidation sites excluding steroid dienone is 1. The number of nitrogens with zero attached hydrogens (tertiary/aromatic N) is 2. The van der Waals surface area contributed by atoms with E-state index in [1.165, 1.54) is 26.3 Å². The number of ether oxygens (including phenoxy) is 1. The van der Waals surface area contributed by atoms with Gasteiger partial charge in [-0.3, -0.25) is 9.69 Å². The van der Waals surface area contributed by atoms with E-state index in [9.17, 15) is 26.8 Å². The van der Waals surface area contributed by atoms with Gasteiger partial charge in [-0.15, -0.1) is 0 Å². The van der Waals surface area contributed by atoms with Gasteiger partial charge in [0.1, 0.15) is 10.8 Å². The van der Waals surface area contributed by atoms with Crippen LogP contribution in [0.15, 0.2) is 63.5 Å². The molecule has 0 unspecified atom stereocenters. The van der Waals surface area contributed by atoms with Crippen LogP contribution in [0.3, 0.4) is 0 Å². The number of carbonyl (C=O) groups excluding carboxylic acids is 2. The van der Waals surface area contributed by atoms with Crippen molar-refractivity contribution in [2.45, 2.75) is 20.0 Å². The van der Waals surface area contributed by atoms with Crippen LogP contribution in [0.1, 0.15) is 18.1 Å². The van der Waals surface area contributed by atoms with Crippen molar-refractivity contribution in [3.63, 3.8) is 0 Å². The van der Waals surface area contributed by atoms with Gasteiger partial charge in [0.15, 0.2) is 11.6 Å². The normalized spacial score (nSPS) is 16.9. The highest BCUT2D eigenvalue weighted by atomic mass is 32.2. The minimum atomic E-state index is -4.23. The lowest BCUT2D eigenvalue weighted by Gasteiger charge is -2.32. The van der Waals surface area contributed by atoms with Crippen LogP contribution in [0, 0.1) is 11.6 Å². The summed E-state index contributed by atoms with van der Waals surface area (Å²) in [7, 11) is -2.70. The second-order valence-electron chi connectivity index (χ2n) is 7.40. The molecule has 4 rings (SSSR count). The van der Waals surface area contributed by atoms with Gasteiger partial charge in [0.05, 0.1) is 23.5 Å². The molecule has 0 saturated heterocycles. The number of carbonyl (C=O) groups is 2. The molecule has 2 aromatic carbocycles. The Hall–Kier alpha value is -3.38. The first-order chi connectivity index (χ1) is 16.1. The molecular formula is C22H19F2N3O5S2. The number of thioether (sulfide) groups is 1. The van der Waals surface area contributed by atoms with Gasteiger partial charge in [0, 0.05) is 12.7 Å². The summed E-state index contributed by atoms with van der Waals surface area (Å²) in [4.78, 5) is 26.8. The standard InChI is InChI=1S/C22H19F2N3O5S2/c1-13-21-26(12-19(33-21)20(28)25-10-14-4-3-5-16(8-14)32-2)22(29)27(34(13,30)31)11-15-6-7-17(23)18(24)9-15/h3-9,12H,10-11H2,1-2H3,(H,25,28). The van der Waals surface area contributed by atoms with Crippen LogP contribution in [0.5, 0.6) is 5.75 Å². The molecule has 0 aliphatic carbocycles. The fourth-order valence-corrected chi connectivity index (χ4v) is 5.96. The average molecular weight is 508 g/mol. The minimum Gasteiger partial charge on any atom is -0.497 e. The van der Waals surface area contributed by atoms with Crippen LogP contribution >= 0.6 is 11.8 Å². The van der Waals surface area contributed by atoms with Gasteiger partial charge in [0.2, 0.25) is 0 Å². The van der Waals surface area contributed by atoms with Crippen molar-refractivity contribution in [2.75, 3.05) is 7.11 Å². The molecular weight excluding hydrogens is 488 g/mol. The van der Waals surface area contributed by atoms with E-state index in [0.717, 1.165) is 34.4 Å². The summed E-state index contributed by atoms with van der Waals surface area (Å²) in [6.45, 7) is 1.02. The number of sulfonamides is 1. The number of methoxy groups -OCH3 is 1. The van der Waals surface area contributed by atoms with E-state index in [0.29, 0.717) is 10.1 Å². The van der Waals surface area contributed by atoms with Gasteiger partial charge in [-0.25, -0.2) is 26.3 Å². The molecule has 178 valence electrons. The van der Waals surface area contributed by atoms with E-state index < -0.39 is 40.1 Å². The topological polar surface area (TPSA) is 96.0 Å². The fourth-order valence-electron chi connectivity index (χ4n) is 3.35. The van der Waals surface area contributed by atoms with Crippen LogP contribution in [-0.2, 0) is 27.9 Å². The van der Waals surface area contributed by atoms with Crippen molar-refractivity contribution in [1.82, 2.24) is 14.5 Å². The Morgan fingerprint density at radius 3 is 2.59 bits per heavy atom. The van der Waals surface area contributed by atoms with Crippen LogP contribution in [0.2, 0.25) is 0 Å². The van der Waals surface area contributed by atoms with Gasteiger partial charge in [-0.2, -0.15) is 0 Å². The predicted octanol–water partition coefficient (Wildman–Crippen LogP) is 3.63. The smallest absolute Gasteiger partial charge is 0.343 e. The van der Waals surface area contributed by atoms with Gasteiger partial charge < -0.3 is 10.1 Å². The molecule has 2 aliphatic heterocycles. The summed E-state index contributed by atoms with van der Waals surface area (Å²) in [6.07, 6.45) is 1.26. The van der Waals surface area contributed by atoms with Crippen LogP contribution < -0.4 is 10.1 Å². The van der Waals surface area contributed by atoms with E-state index in [-0.39, 0.29) is 26.9 Å². The number of hydrogen-bond donors (Lipinski definition) is 1. The van der Waals surface area contributed by atoms with Gasteiger partial charge in [-0.1, -0.05) is 30.0 Å². The third-order valence-corrected chi connectivity index (χ3v) is 8.36. The molecule has 0 fully saturated rings. The molecule has 0 aromatic heterocycles. The summed E-state index contributed by atoms with van der Waals surface area (Å²) in [5.41, 5.74) is 0.889. The molecule has 0 saturated carbocycles. The molecule has 0 bridgehead atoms. The Bertz CT molecular complexity index is 1360. The van der Waals surface area contributed by atoms with Crippen molar-refractivity contribution in [3.8, 4) is 5.75 Å². The third kappa shape index (κ3) is 4.38. The summed E-state index contributed by atoms with van der Waals surface area (Å²) >= 11 is 0.866. The van der Waals surface area contributed by atoms with Crippen molar-refractivity contribution < 1.29 is 31.5 Å². The summed E-state index contributed by atoms with van der Waals surface area (Å²) in [5.74, 6) is -2.09. The zero-order valence-corrected chi connectivity index (χ0v) is 19.7. The molecule has 8 nitrogen and oxygen atoms in total. The number of urea groups is 1. The Labute approximate surface area is 198 Å². The average Bonchev–Trinajstić information content (AvgIpc) is 3.27. The predicted molar refractivity (Wildman–Crippen MR) is 121 cm³/mol.